The van der Waals surface area contributed by atoms with Crippen molar-refractivity contribution < 1.29 is 4.39 Å². The van der Waals surface area contributed by atoms with Gasteiger partial charge in [0.15, 0.2) is 0 Å². The second kappa shape index (κ2) is 4.53. The van der Waals surface area contributed by atoms with Gasteiger partial charge in [0.2, 0.25) is 0 Å². The average molecular weight is 265 g/mol. The highest BCUT2D eigenvalue weighted by molar-refractivity contribution is 7.99. The molecule has 98 valence electrons. The highest BCUT2D eigenvalue weighted by Crippen LogP contribution is 2.49. The summed E-state index contributed by atoms with van der Waals surface area (Å²) in [5, 5.41) is 3.72. The second-order valence-electron chi connectivity index (χ2n) is 5.91. The number of nitrogens with one attached hydrogen (secondary N) is 1. The van der Waals surface area contributed by atoms with Crippen molar-refractivity contribution in [3.05, 3.63) is 29.6 Å². The Hall–Kier alpha value is -0.540. The summed E-state index contributed by atoms with van der Waals surface area (Å²) in [5.41, 5.74) is 1.63. The first kappa shape index (κ1) is 12.5. The third-order valence-corrected chi connectivity index (χ3v) is 5.67. The number of rotatable bonds is 3. The zero-order chi connectivity index (χ0) is 12.8. The maximum Gasteiger partial charge on any atom is 0.123 e. The summed E-state index contributed by atoms with van der Waals surface area (Å²) in [5.74, 6) is 1.01. The highest BCUT2D eigenvalue weighted by Gasteiger charge is 2.43. The largest absolute Gasteiger partial charge is 0.307 e. The lowest BCUT2D eigenvalue weighted by Gasteiger charge is -2.31. The number of halogens is 1. The molecule has 0 spiro atoms. The van der Waals surface area contributed by atoms with Gasteiger partial charge >= 0.3 is 0 Å². The minimum absolute atomic E-state index is 0.117. The summed E-state index contributed by atoms with van der Waals surface area (Å²) in [7, 11) is 0. The molecular weight excluding hydrogens is 245 g/mol. The number of fused-ring (bicyclic) bond motifs is 1. The molecule has 3 rings (SSSR count). The summed E-state index contributed by atoms with van der Waals surface area (Å²) in [6.07, 6.45) is 3.73. The molecule has 18 heavy (non-hydrogen) atoms. The Morgan fingerprint density at radius 2 is 2.22 bits per heavy atom. The van der Waals surface area contributed by atoms with Gasteiger partial charge < -0.3 is 5.32 Å². The molecule has 0 bridgehead atoms. The van der Waals surface area contributed by atoms with Crippen molar-refractivity contribution in [1.82, 2.24) is 5.32 Å². The van der Waals surface area contributed by atoms with Crippen LogP contribution in [0, 0.1) is 11.2 Å². The van der Waals surface area contributed by atoms with Crippen molar-refractivity contribution in [2.24, 2.45) is 5.41 Å². The molecule has 2 atom stereocenters. The number of hydrogen-bond donors (Lipinski definition) is 1. The van der Waals surface area contributed by atoms with Crippen LogP contribution in [0.1, 0.15) is 44.7 Å². The van der Waals surface area contributed by atoms with Crippen molar-refractivity contribution in [3.63, 3.8) is 0 Å². The summed E-state index contributed by atoms with van der Waals surface area (Å²) < 4.78 is 13.4. The van der Waals surface area contributed by atoms with Crippen molar-refractivity contribution in [2.75, 3.05) is 5.75 Å². The lowest BCUT2D eigenvalue weighted by Crippen LogP contribution is -2.37. The molecule has 2 aliphatic rings. The molecule has 0 amide bonds. The standard InChI is InChI=1S/C15H20FNS/c1-10(15(2)6-7-15)17-13-5-8-18-14-4-3-11(16)9-12(13)14/h3-4,9-10,13,17H,5-8H2,1-2H3. The fourth-order valence-corrected chi connectivity index (χ4v) is 3.78. The van der Waals surface area contributed by atoms with Crippen LogP contribution in [-0.4, -0.2) is 11.8 Å². The van der Waals surface area contributed by atoms with Crippen LogP contribution in [0.5, 0.6) is 0 Å². The van der Waals surface area contributed by atoms with Gasteiger partial charge in [-0.1, -0.05) is 6.92 Å². The lowest BCUT2D eigenvalue weighted by atomic mass is 9.96. The minimum Gasteiger partial charge on any atom is -0.307 e. The van der Waals surface area contributed by atoms with Crippen LogP contribution in [0.2, 0.25) is 0 Å². The van der Waals surface area contributed by atoms with Gasteiger partial charge in [-0.15, -0.1) is 11.8 Å². The number of hydrogen-bond acceptors (Lipinski definition) is 2. The van der Waals surface area contributed by atoms with Gasteiger partial charge in [0.1, 0.15) is 5.82 Å². The molecule has 0 saturated heterocycles. The van der Waals surface area contributed by atoms with Crippen molar-refractivity contribution in [3.8, 4) is 0 Å². The van der Waals surface area contributed by atoms with Gasteiger partial charge in [0.25, 0.3) is 0 Å². The third-order valence-electron chi connectivity index (χ3n) is 4.55. The van der Waals surface area contributed by atoms with E-state index < -0.39 is 0 Å². The average Bonchev–Trinajstić information content (AvgIpc) is 3.09. The quantitative estimate of drug-likeness (QED) is 0.881. The second-order valence-corrected chi connectivity index (χ2v) is 7.05. The minimum atomic E-state index is -0.117. The zero-order valence-corrected chi connectivity index (χ0v) is 11.8. The fourth-order valence-electron chi connectivity index (χ4n) is 2.67. The van der Waals surface area contributed by atoms with E-state index in [4.69, 9.17) is 0 Å². The highest BCUT2D eigenvalue weighted by atomic mass is 32.2. The molecule has 0 aromatic heterocycles. The first-order chi connectivity index (χ1) is 8.58. The Morgan fingerprint density at radius 3 is 2.94 bits per heavy atom. The lowest BCUT2D eigenvalue weighted by molar-refractivity contribution is 0.333. The molecule has 1 aromatic rings. The molecule has 0 radical (unpaired) electrons. The Kier molecular flexibility index (Phi) is 3.15. The fraction of sp³-hybridized carbons (Fsp3) is 0.600. The summed E-state index contributed by atoms with van der Waals surface area (Å²) >= 11 is 1.84. The van der Waals surface area contributed by atoms with Crippen LogP contribution in [-0.2, 0) is 0 Å². The van der Waals surface area contributed by atoms with Crippen LogP contribution in [0.15, 0.2) is 23.1 Å². The smallest absolute Gasteiger partial charge is 0.123 e. The first-order valence-corrected chi connectivity index (χ1v) is 7.75. The molecular formula is C15H20FNS. The molecule has 1 saturated carbocycles. The van der Waals surface area contributed by atoms with Crippen LogP contribution >= 0.6 is 11.8 Å². The SMILES string of the molecule is CC(NC1CCSc2ccc(F)cc21)C1(C)CC1. The van der Waals surface area contributed by atoms with Crippen molar-refractivity contribution in [2.45, 2.75) is 50.1 Å². The zero-order valence-electron chi connectivity index (χ0n) is 11.0. The molecule has 3 heteroatoms. The molecule has 1 heterocycles. The van der Waals surface area contributed by atoms with Gasteiger partial charge in [0.05, 0.1) is 0 Å². The maximum absolute atomic E-state index is 13.4. The van der Waals surface area contributed by atoms with Crippen LogP contribution in [0.25, 0.3) is 0 Å². The normalized spacial score (nSPS) is 26.5. The van der Waals surface area contributed by atoms with E-state index in [2.05, 4.69) is 19.2 Å². The number of thioether (sulfide) groups is 1. The molecule has 1 nitrogen and oxygen atoms in total. The Labute approximate surface area is 113 Å². The van der Waals surface area contributed by atoms with E-state index in [-0.39, 0.29) is 5.82 Å². The van der Waals surface area contributed by atoms with E-state index in [1.807, 2.05) is 17.8 Å². The van der Waals surface area contributed by atoms with Crippen LogP contribution in [0.3, 0.4) is 0 Å². The summed E-state index contributed by atoms with van der Waals surface area (Å²) in [4.78, 5) is 1.24. The van der Waals surface area contributed by atoms with Crippen LogP contribution < -0.4 is 5.32 Å². The van der Waals surface area contributed by atoms with Gasteiger partial charge in [0, 0.05) is 17.0 Å². The Bertz CT molecular complexity index is 456. The van der Waals surface area contributed by atoms with Crippen molar-refractivity contribution >= 4 is 11.8 Å². The Balaban J connectivity index is 1.80. The number of benzene rings is 1. The summed E-state index contributed by atoms with van der Waals surface area (Å²) in [6.45, 7) is 4.61. The van der Waals surface area contributed by atoms with Gasteiger partial charge in [-0.05, 0) is 61.1 Å². The predicted molar refractivity (Wildman–Crippen MR) is 74.4 cm³/mol. The predicted octanol–water partition coefficient (Wildman–Crippen LogP) is 4.14. The molecule has 1 aliphatic carbocycles. The molecule has 1 aliphatic heterocycles. The topological polar surface area (TPSA) is 12.0 Å². The first-order valence-electron chi connectivity index (χ1n) is 6.77. The monoisotopic (exact) mass is 265 g/mol. The third kappa shape index (κ3) is 2.30. The van der Waals surface area contributed by atoms with Crippen LogP contribution in [0.4, 0.5) is 4.39 Å². The molecule has 1 aromatic carbocycles. The molecule has 1 N–H and O–H groups in total. The van der Waals surface area contributed by atoms with E-state index in [1.54, 1.807) is 12.1 Å². The van der Waals surface area contributed by atoms with E-state index in [0.29, 0.717) is 17.5 Å². The van der Waals surface area contributed by atoms with Crippen molar-refractivity contribution in [1.29, 1.82) is 0 Å². The van der Waals surface area contributed by atoms with Gasteiger partial charge in [-0.3, -0.25) is 0 Å². The van der Waals surface area contributed by atoms with E-state index in [9.17, 15) is 4.39 Å². The Morgan fingerprint density at radius 1 is 1.44 bits per heavy atom. The summed E-state index contributed by atoms with van der Waals surface area (Å²) in [6, 6.07) is 6.04. The maximum atomic E-state index is 13.4. The van der Waals surface area contributed by atoms with Gasteiger partial charge in [-0.25, -0.2) is 4.39 Å². The van der Waals surface area contributed by atoms with Gasteiger partial charge in [-0.2, -0.15) is 0 Å². The van der Waals surface area contributed by atoms with E-state index in [0.717, 1.165) is 17.7 Å². The van der Waals surface area contributed by atoms with E-state index >= 15 is 0 Å². The molecule has 2 unspecified atom stereocenters. The molecule has 1 fully saturated rings. The van der Waals surface area contributed by atoms with E-state index in [1.165, 1.54) is 17.7 Å².